The van der Waals surface area contributed by atoms with Crippen LogP contribution < -0.4 is 0 Å². The molecule has 0 aromatic heterocycles. The number of fused-ring (bicyclic) bond motifs is 2. The van der Waals surface area contributed by atoms with Crippen molar-refractivity contribution in [1.82, 2.24) is 9.80 Å². The molecule has 4 nitrogen and oxygen atoms in total. The first-order valence-electron chi connectivity index (χ1n) is 8.19. The predicted molar refractivity (Wildman–Crippen MR) is 80.2 cm³/mol. The van der Waals surface area contributed by atoms with E-state index in [1.807, 2.05) is 4.90 Å². The lowest BCUT2D eigenvalue weighted by Gasteiger charge is -2.51. The van der Waals surface area contributed by atoms with Gasteiger partial charge in [0.2, 0.25) is 0 Å². The Morgan fingerprint density at radius 3 is 2.39 bits per heavy atom. The molecule has 0 amide bonds. The van der Waals surface area contributed by atoms with Crippen LogP contribution in [0.25, 0.3) is 0 Å². The number of piperidine rings is 3. The Balaban J connectivity index is 1.70. The Morgan fingerprint density at radius 1 is 1.13 bits per heavy atom. The molecule has 3 atom stereocenters. The maximum atomic E-state index is 13.6. The van der Waals surface area contributed by atoms with E-state index in [1.54, 1.807) is 0 Å². The highest BCUT2D eigenvalue weighted by Gasteiger charge is 2.53. The van der Waals surface area contributed by atoms with Crippen LogP contribution in [0.4, 0.5) is 8.78 Å². The molecule has 0 unspecified atom stereocenters. The van der Waals surface area contributed by atoms with E-state index in [-0.39, 0.29) is 24.5 Å². The maximum absolute atomic E-state index is 13.6. The molecule has 4 aliphatic heterocycles. The molecule has 0 aliphatic carbocycles. The van der Waals surface area contributed by atoms with E-state index in [0.717, 1.165) is 32.0 Å². The highest BCUT2D eigenvalue weighted by molar-refractivity contribution is 5.69. The van der Waals surface area contributed by atoms with E-state index >= 15 is 0 Å². The molecule has 1 aromatic rings. The predicted octanol–water partition coefficient (Wildman–Crippen LogP) is 1.91. The molecule has 4 heterocycles. The Kier molecular flexibility index (Phi) is 3.61. The zero-order chi connectivity index (χ0) is 16.1. The summed E-state index contributed by atoms with van der Waals surface area (Å²) >= 11 is 0. The minimum absolute atomic E-state index is 0.000194. The molecule has 4 saturated heterocycles. The molecule has 1 N–H and O–H groups in total. The Bertz CT molecular complexity index is 611. The first kappa shape index (κ1) is 15.0. The molecule has 0 radical (unpaired) electrons. The summed E-state index contributed by atoms with van der Waals surface area (Å²) in [6.07, 6.45) is 2.17. The molecule has 6 heteroatoms. The second kappa shape index (κ2) is 5.53. The van der Waals surface area contributed by atoms with Crippen LogP contribution in [0.3, 0.4) is 0 Å². The molecule has 0 spiro atoms. The Labute approximate surface area is 133 Å². The Morgan fingerprint density at radius 2 is 1.78 bits per heavy atom. The minimum atomic E-state index is -0.841. The van der Waals surface area contributed by atoms with Gasteiger partial charge in [-0.1, -0.05) is 0 Å². The third-order valence-electron chi connectivity index (χ3n) is 5.75. The number of hydrogen-bond donors (Lipinski definition) is 1. The van der Waals surface area contributed by atoms with Gasteiger partial charge in [-0.25, -0.2) is 8.78 Å². The molecule has 4 aliphatic rings. The van der Waals surface area contributed by atoms with Crippen molar-refractivity contribution in [3.8, 4) is 0 Å². The van der Waals surface area contributed by atoms with E-state index < -0.39 is 17.6 Å². The highest BCUT2D eigenvalue weighted by atomic mass is 19.1. The van der Waals surface area contributed by atoms with Gasteiger partial charge in [0.15, 0.2) is 0 Å². The van der Waals surface area contributed by atoms with Crippen LogP contribution in [0.1, 0.15) is 24.3 Å². The van der Waals surface area contributed by atoms with Crippen LogP contribution in [0, 0.1) is 17.6 Å². The summed E-state index contributed by atoms with van der Waals surface area (Å²) in [5.74, 6) is -1.51. The fourth-order valence-corrected chi connectivity index (χ4v) is 4.98. The van der Waals surface area contributed by atoms with Crippen molar-refractivity contribution in [3.63, 3.8) is 0 Å². The molecule has 0 saturated carbocycles. The average molecular weight is 322 g/mol. The van der Waals surface area contributed by atoms with Crippen LogP contribution in [-0.2, 0) is 4.79 Å². The van der Waals surface area contributed by atoms with Gasteiger partial charge in [-0.2, -0.15) is 0 Å². The third kappa shape index (κ3) is 2.54. The molecule has 5 rings (SSSR count). The molecular weight excluding hydrogens is 302 g/mol. The standard InChI is InChI=1S/C17H20F2N2O2/c18-12-5-11(6-13(19)7-12)14-8-21(9-15(22)23)16-10-1-3-20(4-2-10)17(14)16/h5-7,10,14,16-17H,1-4,8-9H2,(H,22,23)/t14-,16+,17+/m0/s1. The summed E-state index contributed by atoms with van der Waals surface area (Å²) in [4.78, 5) is 15.6. The van der Waals surface area contributed by atoms with E-state index in [4.69, 9.17) is 0 Å². The second-order valence-corrected chi connectivity index (χ2v) is 6.99. The number of halogens is 2. The number of aliphatic carboxylic acids is 1. The summed E-state index contributed by atoms with van der Waals surface area (Å²) in [6.45, 7) is 2.55. The summed E-state index contributed by atoms with van der Waals surface area (Å²) in [6, 6.07) is 4.04. The first-order chi connectivity index (χ1) is 11.0. The van der Waals surface area contributed by atoms with Crippen LogP contribution >= 0.6 is 0 Å². The van der Waals surface area contributed by atoms with Gasteiger partial charge < -0.3 is 5.11 Å². The monoisotopic (exact) mass is 322 g/mol. The number of carboxylic acid groups (broad SMARTS) is 1. The number of hydrogen-bond acceptors (Lipinski definition) is 3. The van der Waals surface area contributed by atoms with E-state index in [2.05, 4.69) is 4.90 Å². The van der Waals surface area contributed by atoms with Crippen LogP contribution in [0.15, 0.2) is 18.2 Å². The van der Waals surface area contributed by atoms with Crippen LogP contribution in [-0.4, -0.2) is 59.1 Å². The quantitative estimate of drug-likeness (QED) is 0.923. The van der Waals surface area contributed by atoms with Gasteiger partial charge in [-0.15, -0.1) is 0 Å². The summed E-state index contributed by atoms with van der Waals surface area (Å²) in [5, 5.41) is 9.20. The first-order valence-corrected chi connectivity index (χ1v) is 8.19. The summed E-state index contributed by atoms with van der Waals surface area (Å²) in [7, 11) is 0. The zero-order valence-electron chi connectivity index (χ0n) is 12.8. The molecule has 2 bridgehead atoms. The second-order valence-electron chi connectivity index (χ2n) is 6.99. The Hall–Kier alpha value is -1.53. The van der Waals surface area contributed by atoms with Crippen LogP contribution in [0.5, 0.6) is 0 Å². The van der Waals surface area contributed by atoms with Crippen LogP contribution in [0.2, 0.25) is 0 Å². The van der Waals surface area contributed by atoms with Crippen molar-refractivity contribution in [2.45, 2.75) is 30.8 Å². The van der Waals surface area contributed by atoms with Gasteiger partial charge >= 0.3 is 5.97 Å². The highest BCUT2D eigenvalue weighted by Crippen LogP contribution is 2.46. The summed E-state index contributed by atoms with van der Waals surface area (Å²) in [5.41, 5.74) is 0.651. The lowest BCUT2D eigenvalue weighted by Crippen LogP contribution is -2.60. The van der Waals surface area contributed by atoms with Gasteiger partial charge in [0.25, 0.3) is 0 Å². The third-order valence-corrected chi connectivity index (χ3v) is 5.75. The largest absolute Gasteiger partial charge is 0.480 e. The average Bonchev–Trinajstić information content (AvgIpc) is 2.88. The molecular formula is C17H20F2N2O2. The van der Waals surface area contributed by atoms with Gasteiger partial charge in [-0.3, -0.25) is 14.6 Å². The smallest absolute Gasteiger partial charge is 0.317 e. The molecule has 1 aromatic carbocycles. The fourth-order valence-electron chi connectivity index (χ4n) is 4.98. The zero-order valence-corrected chi connectivity index (χ0v) is 12.8. The van der Waals surface area contributed by atoms with Gasteiger partial charge in [-0.05, 0) is 49.5 Å². The summed E-state index contributed by atoms with van der Waals surface area (Å²) < 4.78 is 27.3. The number of rotatable bonds is 3. The molecule has 23 heavy (non-hydrogen) atoms. The van der Waals surface area contributed by atoms with Crippen molar-refractivity contribution in [3.05, 3.63) is 35.4 Å². The van der Waals surface area contributed by atoms with Gasteiger partial charge in [0, 0.05) is 30.6 Å². The topological polar surface area (TPSA) is 43.8 Å². The number of likely N-dealkylation sites (tertiary alicyclic amines) is 1. The number of benzene rings is 1. The van der Waals surface area contributed by atoms with Gasteiger partial charge in [0.1, 0.15) is 11.6 Å². The van der Waals surface area contributed by atoms with E-state index in [0.29, 0.717) is 18.0 Å². The van der Waals surface area contributed by atoms with E-state index in [1.165, 1.54) is 12.1 Å². The fraction of sp³-hybridized carbons (Fsp3) is 0.588. The molecule has 124 valence electrons. The minimum Gasteiger partial charge on any atom is -0.480 e. The number of nitrogens with zero attached hydrogens (tertiary/aromatic N) is 2. The SMILES string of the molecule is O=C(O)CN1C[C@@H](c2cc(F)cc(F)c2)[C@@H]2[C@H]1C1CCN2CC1. The van der Waals surface area contributed by atoms with Crippen molar-refractivity contribution in [2.75, 3.05) is 26.2 Å². The van der Waals surface area contributed by atoms with Crippen molar-refractivity contribution >= 4 is 5.97 Å². The van der Waals surface area contributed by atoms with Gasteiger partial charge in [0.05, 0.1) is 6.54 Å². The lowest BCUT2D eigenvalue weighted by atomic mass is 9.75. The number of carboxylic acids is 1. The number of carbonyl (C=O) groups is 1. The van der Waals surface area contributed by atoms with E-state index in [9.17, 15) is 18.7 Å². The normalized spacial score (nSPS) is 36.2. The molecule has 4 fully saturated rings. The maximum Gasteiger partial charge on any atom is 0.317 e. The van der Waals surface area contributed by atoms with Crippen molar-refractivity contribution < 1.29 is 18.7 Å². The lowest BCUT2D eigenvalue weighted by molar-refractivity contribution is -0.139. The van der Waals surface area contributed by atoms with Crippen molar-refractivity contribution in [1.29, 1.82) is 0 Å². The van der Waals surface area contributed by atoms with Crippen molar-refractivity contribution in [2.24, 2.45) is 5.92 Å².